The quantitative estimate of drug-likeness (QED) is 0.673. The van der Waals surface area contributed by atoms with Crippen molar-refractivity contribution in [2.75, 3.05) is 13.2 Å². The molecule has 0 fully saturated rings. The van der Waals surface area contributed by atoms with Crippen molar-refractivity contribution in [2.24, 2.45) is 5.84 Å². The molecule has 1 unspecified atom stereocenters. The maximum Gasteiger partial charge on any atom is 0.166 e. The van der Waals surface area contributed by atoms with Crippen molar-refractivity contribution in [3.63, 3.8) is 0 Å². The van der Waals surface area contributed by atoms with Crippen molar-refractivity contribution in [2.45, 2.75) is 6.04 Å². The Hall–Kier alpha value is -2.18. The average Bonchev–Trinajstić information content (AvgIpc) is 2.52. The largest absolute Gasteiger partial charge is 0.486 e. The molecule has 2 aromatic rings. The van der Waals surface area contributed by atoms with Crippen LogP contribution >= 0.6 is 0 Å². The Balaban J connectivity index is 2.11. The summed E-state index contributed by atoms with van der Waals surface area (Å²) in [5, 5.41) is 0. The minimum Gasteiger partial charge on any atom is -0.486 e. The third-order valence-electron chi connectivity index (χ3n) is 3.37. The molecule has 0 spiro atoms. The van der Waals surface area contributed by atoms with Crippen LogP contribution in [0.15, 0.2) is 36.4 Å². The summed E-state index contributed by atoms with van der Waals surface area (Å²) in [6, 6.07) is 8.49. The fraction of sp³-hybridized carbons (Fsp3) is 0.200. The molecular weight excluding hydrogens is 278 g/mol. The SMILES string of the molecule is NNC(c1cccc(F)c1F)c1cccc2c1OCCO2. The van der Waals surface area contributed by atoms with Crippen LogP contribution in [0.1, 0.15) is 17.2 Å². The van der Waals surface area contributed by atoms with Crippen molar-refractivity contribution < 1.29 is 18.3 Å². The second kappa shape index (κ2) is 5.67. The lowest BCUT2D eigenvalue weighted by molar-refractivity contribution is 0.169. The number of hydrogen-bond acceptors (Lipinski definition) is 4. The first-order valence-corrected chi connectivity index (χ1v) is 6.51. The molecule has 110 valence electrons. The van der Waals surface area contributed by atoms with Crippen molar-refractivity contribution in [3.05, 3.63) is 59.2 Å². The molecule has 3 N–H and O–H groups in total. The molecule has 0 saturated carbocycles. The van der Waals surface area contributed by atoms with Gasteiger partial charge in [0.1, 0.15) is 13.2 Å². The number of hydrazine groups is 1. The van der Waals surface area contributed by atoms with Gasteiger partial charge in [-0.25, -0.2) is 14.2 Å². The van der Waals surface area contributed by atoms with Crippen LogP contribution in [0.25, 0.3) is 0 Å². The van der Waals surface area contributed by atoms with Crippen molar-refractivity contribution in [1.29, 1.82) is 0 Å². The van der Waals surface area contributed by atoms with E-state index in [2.05, 4.69) is 5.43 Å². The van der Waals surface area contributed by atoms with Gasteiger partial charge >= 0.3 is 0 Å². The maximum atomic E-state index is 14.0. The van der Waals surface area contributed by atoms with E-state index in [1.54, 1.807) is 18.2 Å². The van der Waals surface area contributed by atoms with Crippen LogP contribution in [0.4, 0.5) is 8.78 Å². The van der Waals surface area contributed by atoms with E-state index in [-0.39, 0.29) is 5.56 Å². The predicted molar refractivity (Wildman–Crippen MR) is 73.0 cm³/mol. The van der Waals surface area contributed by atoms with Gasteiger partial charge in [0.15, 0.2) is 23.1 Å². The van der Waals surface area contributed by atoms with Crippen molar-refractivity contribution in [1.82, 2.24) is 5.43 Å². The molecule has 0 saturated heterocycles. The van der Waals surface area contributed by atoms with Crippen LogP contribution in [0.3, 0.4) is 0 Å². The van der Waals surface area contributed by atoms with Crippen LogP contribution in [0, 0.1) is 11.6 Å². The third kappa shape index (κ3) is 2.43. The Labute approximate surface area is 120 Å². The van der Waals surface area contributed by atoms with Gasteiger partial charge in [-0.05, 0) is 12.1 Å². The molecule has 0 aromatic heterocycles. The molecule has 4 nitrogen and oxygen atoms in total. The summed E-state index contributed by atoms with van der Waals surface area (Å²) in [6.45, 7) is 0.846. The summed E-state index contributed by atoms with van der Waals surface area (Å²) in [5.74, 6) is 4.76. The van der Waals surface area contributed by atoms with E-state index in [0.29, 0.717) is 30.3 Å². The second-order valence-corrected chi connectivity index (χ2v) is 4.61. The summed E-state index contributed by atoms with van der Waals surface area (Å²) in [6.07, 6.45) is 0. The second-order valence-electron chi connectivity index (χ2n) is 4.61. The topological polar surface area (TPSA) is 56.5 Å². The highest BCUT2D eigenvalue weighted by Gasteiger charge is 2.25. The van der Waals surface area contributed by atoms with Gasteiger partial charge in [-0.2, -0.15) is 0 Å². The highest BCUT2D eigenvalue weighted by atomic mass is 19.2. The summed E-state index contributed by atoms with van der Waals surface area (Å²) in [4.78, 5) is 0. The molecule has 0 amide bonds. The van der Waals surface area contributed by atoms with Crippen LogP contribution in [-0.2, 0) is 0 Å². The summed E-state index contributed by atoms with van der Waals surface area (Å²) in [5.41, 5.74) is 3.22. The summed E-state index contributed by atoms with van der Waals surface area (Å²) >= 11 is 0. The van der Waals surface area contributed by atoms with E-state index >= 15 is 0 Å². The normalized spacial score (nSPS) is 14.8. The number of nitrogens with one attached hydrogen (secondary N) is 1. The number of halogens is 2. The average molecular weight is 292 g/mol. The Morgan fingerprint density at radius 2 is 1.71 bits per heavy atom. The number of rotatable bonds is 3. The Morgan fingerprint density at radius 3 is 2.52 bits per heavy atom. The standard InChI is InChI=1S/C15H14F2N2O2/c16-11-5-1-3-9(13(11)17)14(19-18)10-4-2-6-12-15(10)21-8-7-20-12/h1-6,14,19H,7-8,18H2. The van der Waals surface area contributed by atoms with Gasteiger partial charge in [-0.3, -0.25) is 5.84 Å². The molecule has 21 heavy (non-hydrogen) atoms. The number of fused-ring (bicyclic) bond motifs is 1. The lowest BCUT2D eigenvalue weighted by atomic mass is 9.97. The molecule has 2 aromatic carbocycles. The number of hydrogen-bond donors (Lipinski definition) is 2. The molecule has 1 aliphatic rings. The predicted octanol–water partition coefficient (Wildman–Crippen LogP) is 2.29. The van der Waals surface area contributed by atoms with Gasteiger partial charge in [0.2, 0.25) is 0 Å². The highest BCUT2D eigenvalue weighted by molar-refractivity contribution is 5.51. The van der Waals surface area contributed by atoms with Crippen LogP contribution in [0.5, 0.6) is 11.5 Å². The molecule has 3 rings (SSSR count). The zero-order valence-corrected chi connectivity index (χ0v) is 11.1. The first kappa shape index (κ1) is 13.8. The van der Waals surface area contributed by atoms with Gasteiger partial charge in [0.25, 0.3) is 0 Å². The fourth-order valence-electron chi connectivity index (χ4n) is 2.41. The molecule has 6 heteroatoms. The molecule has 1 aliphatic heterocycles. The van der Waals surface area contributed by atoms with E-state index in [1.807, 2.05) is 0 Å². The molecular formula is C15H14F2N2O2. The molecule has 1 atom stereocenters. The first-order chi connectivity index (χ1) is 10.2. The molecule has 0 bridgehead atoms. The summed E-state index contributed by atoms with van der Waals surface area (Å²) in [7, 11) is 0. The zero-order chi connectivity index (χ0) is 14.8. The van der Waals surface area contributed by atoms with Gasteiger partial charge in [0.05, 0.1) is 6.04 Å². The maximum absolute atomic E-state index is 14.0. The molecule has 0 radical (unpaired) electrons. The lowest BCUT2D eigenvalue weighted by Gasteiger charge is -2.25. The van der Waals surface area contributed by atoms with Crippen molar-refractivity contribution in [3.8, 4) is 11.5 Å². The minimum atomic E-state index is -0.935. The third-order valence-corrected chi connectivity index (χ3v) is 3.37. The number of para-hydroxylation sites is 1. The first-order valence-electron chi connectivity index (χ1n) is 6.51. The number of benzene rings is 2. The molecule has 0 aliphatic carbocycles. The van der Waals surface area contributed by atoms with E-state index in [1.165, 1.54) is 12.1 Å². The monoisotopic (exact) mass is 292 g/mol. The van der Waals surface area contributed by atoms with E-state index in [9.17, 15) is 8.78 Å². The summed E-state index contributed by atoms with van der Waals surface area (Å²) < 4.78 is 38.5. The van der Waals surface area contributed by atoms with Gasteiger partial charge in [-0.15, -0.1) is 0 Å². The van der Waals surface area contributed by atoms with Crippen LogP contribution in [0.2, 0.25) is 0 Å². The van der Waals surface area contributed by atoms with Crippen LogP contribution in [-0.4, -0.2) is 13.2 Å². The Bertz CT molecular complexity index is 664. The Kier molecular flexibility index (Phi) is 3.72. The van der Waals surface area contributed by atoms with E-state index < -0.39 is 17.7 Å². The fourth-order valence-corrected chi connectivity index (χ4v) is 2.41. The smallest absolute Gasteiger partial charge is 0.166 e. The minimum absolute atomic E-state index is 0.111. The number of ether oxygens (including phenoxy) is 2. The van der Waals surface area contributed by atoms with Gasteiger partial charge < -0.3 is 9.47 Å². The van der Waals surface area contributed by atoms with Crippen LogP contribution < -0.4 is 20.7 Å². The zero-order valence-electron chi connectivity index (χ0n) is 11.1. The van der Waals surface area contributed by atoms with E-state index in [4.69, 9.17) is 15.3 Å². The lowest BCUT2D eigenvalue weighted by Crippen LogP contribution is -2.31. The van der Waals surface area contributed by atoms with Gasteiger partial charge in [-0.1, -0.05) is 24.3 Å². The highest BCUT2D eigenvalue weighted by Crippen LogP contribution is 2.39. The van der Waals surface area contributed by atoms with Crippen molar-refractivity contribution >= 4 is 0 Å². The van der Waals surface area contributed by atoms with E-state index in [0.717, 1.165) is 6.07 Å². The molecule has 1 heterocycles. The Morgan fingerprint density at radius 1 is 1.00 bits per heavy atom. The van der Waals surface area contributed by atoms with Gasteiger partial charge in [0, 0.05) is 11.1 Å². The number of nitrogens with two attached hydrogens (primary N) is 1.